The van der Waals surface area contributed by atoms with E-state index >= 15 is 0 Å². The van der Waals surface area contributed by atoms with Gasteiger partial charge >= 0.3 is 0 Å². The fraction of sp³-hybridized carbons (Fsp3) is 0.478. The Balaban J connectivity index is 1.33. The zero-order chi connectivity index (χ0) is 22.1. The Hall–Kier alpha value is -2.78. The molecule has 0 N–H and O–H groups in total. The lowest BCUT2D eigenvalue weighted by atomic mass is 10.0. The number of amides is 1. The van der Waals surface area contributed by atoms with Crippen LogP contribution in [-0.2, 0) is 6.54 Å². The first-order chi connectivity index (χ1) is 15.6. The molecule has 0 spiro atoms. The summed E-state index contributed by atoms with van der Waals surface area (Å²) in [5.74, 6) is 0.458. The topological polar surface area (TPSA) is 74.1 Å². The second kappa shape index (κ2) is 8.99. The summed E-state index contributed by atoms with van der Waals surface area (Å²) in [5.41, 5.74) is 1.19. The summed E-state index contributed by atoms with van der Waals surface area (Å²) < 4.78 is 1.57. The Kier molecular flexibility index (Phi) is 5.93. The van der Waals surface area contributed by atoms with Crippen LogP contribution in [0.2, 0.25) is 0 Å². The van der Waals surface area contributed by atoms with Crippen molar-refractivity contribution in [3.05, 3.63) is 58.0 Å². The van der Waals surface area contributed by atoms with E-state index in [1.807, 2.05) is 23.1 Å². The van der Waals surface area contributed by atoms with Gasteiger partial charge in [0, 0.05) is 51.9 Å². The maximum atomic E-state index is 13.3. The lowest BCUT2D eigenvalue weighted by Crippen LogP contribution is -2.48. The molecule has 1 aromatic carbocycles. The van der Waals surface area contributed by atoms with Crippen molar-refractivity contribution in [3.63, 3.8) is 0 Å². The van der Waals surface area contributed by atoms with Crippen LogP contribution in [0, 0.1) is 5.92 Å². The number of hydrogen-bond donors (Lipinski definition) is 0. The third-order valence-corrected chi connectivity index (χ3v) is 7.27. The van der Waals surface area contributed by atoms with E-state index < -0.39 is 5.56 Å². The molecule has 1 atom stereocenters. The Labute approximate surface area is 191 Å². The molecular weight excluding hydrogens is 424 g/mol. The number of rotatable bonds is 4. The van der Waals surface area contributed by atoms with Crippen LogP contribution in [0.5, 0.6) is 0 Å². The molecule has 0 bridgehead atoms. The number of nitrogens with zero attached hydrogens (tertiary/aromatic N) is 6. The predicted molar refractivity (Wildman–Crippen MR) is 125 cm³/mol. The lowest BCUT2D eigenvalue weighted by Gasteiger charge is -2.34. The Morgan fingerprint density at radius 2 is 1.91 bits per heavy atom. The monoisotopic (exact) mass is 452 g/mol. The van der Waals surface area contributed by atoms with Crippen LogP contribution in [-0.4, -0.2) is 69.6 Å². The average molecular weight is 453 g/mol. The SMILES string of the molecule is C[C@H]1CCCN(c2nn3c(C(=O)N4CCN(Cc5ccccc5)CC4)cc(=O)nc3s2)C1. The van der Waals surface area contributed by atoms with Gasteiger partial charge in [-0.05, 0) is 24.3 Å². The van der Waals surface area contributed by atoms with Crippen molar-refractivity contribution in [2.75, 3.05) is 44.2 Å². The van der Waals surface area contributed by atoms with Crippen LogP contribution in [0.1, 0.15) is 35.8 Å². The first-order valence-corrected chi connectivity index (χ1v) is 12.1. The van der Waals surface area contributed by atoms with E-state index in [0.717, 1.165) is 44.3 Å². The summed E-state index contributed by atoms with van der Waals surface area (Å²) in [6.45, 7) is 7.88. The highest BCUT2D eigenvalue weighted by Crippen LogP contribution is 2.27. The maximum Gasteiger partial charge on any atom is 0.274 e. The van der Waals surface area contributed by atoms with Crippen molar-refractivity contribution in [1.82, 2.24) is 24.4 Å². The molecule has 0 radical (unpaired) electrons. The van der Waals surface area contributed by atoms with E-state index in [1.165, 1.54) is 29.4 Å². The molecule has 2 aliphatic rings. The minimum atomic E-state index is -0.390. The Morgan fingerprint density at radius 1 is 1.12 bits per heavy atom. The summed E-state index contributed by atoms with van der Waals surface area (Å²) in [5, 5.41) is 5.53. The van der Waals surface area contributed by atoms with Crippen LogP contribution in [0.4, 0.5) is 5.13 Å². The molecule has 2 aromatic heterocycles. The van der Waals surface area contributed by atoms with Crippen molar-refractivity contribution in [1.29, 1.82) is 0 Å². The van der Waals surface area contributed by atoms with Crippen LogP contribution in [0.3, 0.4) is 0 Å². The molecular formula is C23H28N6O2S. The van der Waals surface area contributed by atoms with Crippen molar-refractivity contribution in [2.45, 2.75) is 26.3 Å². The highest BCUT2D eigenvalue weighted by Gasteiger charge is 2.27. The average Bonchev–Trinajstić information content (AvgIpc) is 3.23. The molecule has 0 aliphatic carbocycles. The third-order valence-electron chi connectivity index (χ3n) is 6.30. The smallest absolute Gasteiger partial charge is 0.274 e. The molecule has 4 heterocycles. The Bertz CT molecular complexity index is 1150. The molecule has 1 amide bonds. The first kappa shape index (κ1) is 21.1. The molecule has 0 saturated carbocycles. The van der Waals surface area contributed by atoms with E-state index in [1.54, 1.807) is 4.52 Å². The van der Waals surface area contributed by atoms with Gasteiger partial charge in [0.25, 0.3) is 11.5 Å². The zero-order valence-electron chi connectivity index (χ0n) is 18.3. The van der Waals surface area contributed by atoms with E-state index in [0.29, 0.717) is 29.7 Å². The third kappa shape index (κ3) is 4.40. The van der Waals surface area contributed by atoms with Crippen molar-refractivity contribution >= 4 is 27.3 Å². The van der Waals surface area contributed by atoms with Crippen LogP contribution >= 0.6 is 11.3 Å². The molecule has 168 valence electrons. The van der Waals surface area contributed by atoms with Gasteiger partial charge in [-0.3, -0.25) is 14.5 Å². The number of fused-ring (bicyclic) bond motifs is 1. The van der Waals surface area contributed by atoms with Gasteiger partial charge in [0.2, 0.25) is 10.1 Å². The van der Waals surface area contributed by atoms with Crippen molar-refractivity contribution < 1.29 is 4.79 Å². The quantitative estimate of drug-likeness (QED) is 0.605. The molecule has 0 unspecified atom stereocenters. The van der Waals surface area contributed by atoms with Gasteiger partial charge in [-0.2, -0.15) is 9.50 Å². The standard InChI is InChI=1S/C23H28N6O2S/c1-17-6-5-9-28(15-17)23-25-29-19(14-20(30)24-22(29)32-23)21(31)27-12-10-26(11-13-27)16-18-7-3-2-4-8-18/h2-4,7-8,14,17H,5-6,9-13,15-16H2,1H3/t17-/m0/s1. The molecule has 32 heavy (non-hydrogen) atoms. The van der Waals surface area contributed by atoms with Gasteiger partial charge in [0.05, 0.1) is 0 Å². The highest BCUT2D eigenvalue weighted by atomic mass is 32.1. The number of carbonyl (C=O) groups excluding carboxylic acids is 1. The summed E-state index contributed by atoms with van der Waals surface area (Å²) in [7, 11) is 0. The zero-order valence-corrected chi connectivity index (χ0v) is 19.1. The first-order valence-electron chi connectivity index (χ1n) is 11.3. The summed E-state index contributed by atoms with van der Waals surface area (Å²) in [6.07, 6.45) is 2.35. The second-order valence-corrected chi connectivity index (χ2v) is 9.74. The summed E-state index contributed by atoms with van der Waals surface area (Å²) in [4.78, 5) is 36.6. The fourth-order valence-electron chi connectivity index (χ4n) is 4.56. The normalized spacial score (nSPS) is 20.1. The molecule has 5 rings (SSSR count). The summed E-state index contributed by atoms with van der Waals surface area (Å²) >= 11 is 1.39. The number of aromatic nitrogens is 3. The van der Waals surface area contributed by atoms with E-state index in [2.05, 4.69) is 33.8 Å². The van der Waals surface area contributed by atoms with Gasteiger partial charge in [-0.25, -0.2) is 0 Å². The summed E-state index contributed by atoms with van der Waals surface area (Å²) in [6, 6.07) is 11.7. The van der Waals surface area contributed by atoms with E-state index in [4.69, 9.17) is 5.10 Å². The van der Waals surface area contributed by atoms with Gasteiger partial charge in [-0.15, -0.1) is 5.10 Å². The highest BCUT2D eigenvalue weighted by molar-refractivity contribution is 7.20. The minimum Gasteiger partial charge on any atom is -0.346 e. The minimum absolute atomic E-state index is 0.150. The molecule has 2 saturated heterocycles. The number of anilines is 1. The van der Waals surface area contributed by atoms with Gasteiger partial charge in [0.1, 0.15) is 5.69 Å². The Morgan fingerprint density at radius 3 is 2.66 bits per heavy atom. The van der Waals surface area contributed by atoms with Gasteiger partial charge in [-0.1, -0.05) is 48.6 Å². The lowest BCUT2D eigenvalue weighted by molar-refractivity contribution is 0.0619. The maximum absolute atomic E-state index is 13.3. The molecule has 8 nitrogen and oxygen atoms in total. The van der Waals surface area contributed by atoms with Crippen molar-refractivity contribution in [2.24, 2.45) is 5.92 Å². The van der Waals surface area contributed by atoms with E-state index in [-0.39, 0.29) is 5.91 Å². The number of hydrogen-bond acceptors (Lipinski definition) is 7. The molecule has 3 aromatic rings. The van der Waals surface area contributed by atoms with Crippen LogP contribution in [0.25, 0.3) is 4.96 Å². The van der Waals surface area contributed by atoms with Crippen LogP contribution < -0.4 is 10.5 Å². The van der Waals surface area contributed by atoms with E-state index in [9.17, 15) is 9.59 Å². The van der Waals surface area contributed by atoms with Gasteiger partial charge < -0.3 is 9.80 Å². The molecule has 2 fully saturated rings. The second-order valence-electron chi connectivity index (χ2n) is 8.81. The predicted octanol–water partition coefficient (Wildman–Crippen LogP) is 2.35. The van der Waals surface area contributed by atoms with Crippen molar-refractivity contribution in [3.8, 4) is 0 Å². The number of piperidine rings is 1. The number of piperazine rings is 1. The molecule has 9 heteroatoms. The molecule has 2 aliphatic heterocycles. The van der Waals surface area contributed by atoms with Crippen LogP contribution in [0.15, 0.2) is 41.2 Å². The largest absolute Gasteiger partial charge is 0.346 e. The number of benzene rings is 1. The fourth-order valence-corrected chi connectivity index (χ4v) is 5.50. The van der Waals surface area contributed by atoms with Gasteiger partial charge in [0.15, 0.2) is 0 Å². The number of carbonyl (C=O) groups is 1.